The van der Waals surface area contributed by atoms with Crippen molar-refractivity contribution in [3.05, 3.63) is 82.7 Å². The summed E-state index contributed by atoms with van der Waals surface area (Å²) in [5, 5.41) is 23.1. The molecular weight excluding hydrogens is 354 g/mol. The molecule has 8 heteroatoms. The van der Waals surface area contributed by atoms with E-state index in [0.29, 0.717) is 17.7 Å². The number of nitro groups is 1. The van der Waals surface area contributed by atoms with Crippen molar-refractivity contribution in [3.63, 3.8) is 0 Å². The summed E-state index contributed by atoms with van der Waals surface area (Å²) in [6.45, 7) is 3.83. The summed E-state index contributed by atoms with van der Waals surface area (Å²) >= 11 is 5.37. The number of aliphatic hydroxyl groups is 1. The van der Waals surface area contributed by atoms with Gasteiger partial charge in [0.15, 0.2) is 17.4 Å². The van der Waals surface area contributed by atoms with Crippen LogP contribution in [0.5, 0.6) is 0 Å². The third-order valence-corrected chi connectivity index (χ3v) is 4.01. The van der Waals surface area contributed by atoms with Gasteiger partial charge in [-0.2, -0.15) is 4.57 Å². The number of ketones is 1. The first kappa shape index (κ1) is 19.4. The van der Waals surface area contributed by atoms with Crippen LogP contribution in [0.3, 0.4) is 0 Å². The van der Waals surface area contributed by atoms with Gasteiger partial charge in [-0.1, -0.05) is 18.3 Å². The van der Waals surface area contributed by atoms with Crippen molar-refractivity contribution in [2.24, 2.45) is 0 Å². The fourth-order valence-electron chi connectivity index (χ4n) is 2.36. The van der Waals surface area contributed by atoms with E-state index in [2.05, 4.69) is 11.9 Å². The van der Waals surface area contributed by atoms with Crippen LogP contribution >= 0.6 is 12.2 Å². The van der Waals surface area contributed by atoms with E-state index < -0.39 is 11.0 Å². The van der Waals surface area contributed by atoms with Crippen molar-refractivity contribution < 1.29 is 19.4 Å². The lowest BCUT2D eigenvalue weighted by molar-refractivity contribution is -0.692. The highest BCUT2D eigenvalue weighted by Crippen LogP contribution is 2.16. The third kappa shape index (κ3) is 4.56. The predicted molar refractivity (Wildman–Crippen MR) is 99.8 cm³/mol. The van der Waals surface area contributed by atoms with Crippen LogP contribution in [0, 0.1) is 10.1 Å². The maximum Gasteiger partial charge on any atom is 0.270 e. The Hall–Kier alpha value is -2.97. The van der Waals surface area contributed by atoms with E-state index in [1.54, 1.807) is 35.2 Å². The topological polar surface area (TPSA) is 96.3 Å². The summed E-state index contributed by atoms with van der Waals surface area (Å²) in [6.07, 6.45) is 4.93. The van der Waals surface area contributed by atoms with E-state index in [9.17, 15) is 20.0 Å². The molecule has 0 aliphatic carbocycles. The summed E-state index contributed by atoms with van der Waals surface area (Å²) < 4.78 is 1.60. The van der Waals surface area contributed by atoms with Gasteiger partial charge in [0.1, 0.15) is 0 Å². The van der Waals surface area contributed by atoms with Gasteiger partial charge < -0.3 is 10.4 Å². The first-order chi connectivity index (χ1) is 12.5. The minimum absolute atomic E-state index is 0.0969. The van der Waals surface area contributed by atoms with Crippen LogP contribution in [-0.4, -0.2) is 27.3 Å². The third-order valence-electron chi connectivity index (χ3n) is 3.64. The second kappa shape index (κ2) is 8.93. The molecule has 26 heavy (non-hydrogen) atoms. The van der Waals surface area contributed by atoms with Crippen LogP contribution in [0.1, 0.15) is 22.0 Å². The molecule has 0 saturated carbocycles. The van der Waals surface area contributed by atoms with Crippen LogP contribution < -0.4 is 9.88 Å². The summed E-state index contributed by atoms with van der Waals surface area (Å²) in [6, 6.07) is 7.94. The van der Waals surface area contributed by atoms with Crippen molar-refractivity contribution in [1.29, 1.82) is 0 Å². The number of Topliss-reactive ketones (excluding diaryl/α,β-unsaturated/α-hetero) is 1. The van der Waals surface area contributed by atoms with Gasteiger partial charge in [-0.3, -0.25) is 14.9 Å². The average Bonchev–Trinajstić information content (AvgIpc) is 2.66. The minimum Gasteiger partial charge on any atom is -0.391 e. The molecule has 0 aliphatic heterocycles. The molecule has 1 unspecified atom stereocenters. The Balaban J connectivity index is 2.41. The smallest absolute Gasteiger partial charge is 0.270 e. The Morgan fingerprint density at radius 2 is 2.08 bits per heavy atom. The van der Waals surface area contributed by atoms with Crippen LogP contribution in [0.4, 0.5) is 5.69 Å². The summed E-state index contributed by atoms with van der Waals surface area (Å²) in [7, 11) is 0. The second-order valence-electron chi connectivity index (χ2n) is 5.42. The van der Waals surface area contributed by atoms with Crippen molar-refractivity contribution in [2.75, 3.05) is 6.54 Å². The molecule has 2 rings (SSSR count). The van der Waals surface area contributed by atoms with Gasteiger partial charge in [-0.25, -0.2) is 0 Å². The number of carbonyl (C=O) groups excluding carboxylic acids is 1. The van der Waals surface area contributed by atoms with E-state index in [1.807, 2.05) is 0 Å². The number of aliphatic hydroxyl groups excluding tert-OH is 1. The first-order valence-electron chi connectivity index (χ1n) is 7.75. The number of carbonyl (C=O) groups is 1. The number of non-ortho nitro benzene ring substituents is 1. The predicted octanol–water partition coefficient (Wildman–Crippen LogP) is 1.90. The Bertz CT molecular complexity index is 837. The van der Waals surface area contributed by atoms with Crippen molar-refractivity contribution in [2.45, 2.75) is 12.6 Å². The van der Waals surface area contributed by atoms with Crippen molar-refractivity contribution in [3.8, 4) is 0 Å². The molecule has 0 spiro atoms. The summed E-state index contributed by atoms with van der Waals surface area (Å²) in [5.41, 5.74) is 0.825. The molecule has 7 nitrogen and oxygen atoms in total. The summed E-state index contributed by atoms with van der Waals surface area (Å²) in [5.74, 6) is -0.318. The number of hydrogen-bond acceptors (Lipinski definition) is 5. The number of rotatable bonds is 8. The molecule has 1 aromatic heterocycles. The number of nitrogens with one attached hydrogen (secondary N) is 1. The van der Waals surface area contributed by atoms with Gasteiger partial charge in [0.25, 0.3) is 11.7 Å². The number of aromatic nitrogens is 1. The Labute approximate surface area is 155 Å². The maximum absolute atomic E-state index is 13.0. The van der Waals surface area contributed by atoms with Gasteiger partial charge in [0, 0.05) is 35.9 Å². The Morgan fingerprint density at radius 3 is 2.65 bits per heavy atom. The molecule has 1 atom stereocenters. The largest absolute Gasteiger partial charge is 0.391 e. The van der Waals surface area contributed by atoms with Gasteiger partial charge in [-0.15, -0.1) is 6.58 Å². The number of thiocarbonyl (C=S) groups is 1. The first-order valence-corrected chi connectivity index (χ1v) is 8.16. The monoisotopic (exact) mass is 372 g/mol. The summed E-state index contributed by atoms with van der Waals surface area (Å²) in [4.78, 5) is 23.6. The fourth-order valence-corrected chi connectivity index (χ4v) is 2.67. The molecule has 0 saturated heterocycles. The second-order valence-corrected chi connectivity index (χ2v) is 5.86. The number of pyridine rings is 1. The molecule has 0 aliphatic rings. The van der Waals surface area contributed by atoms with E-state index in [-0.39, 0.29) is 23.1 Å². The lowest BCUT2D eigenvalue weighted by Gasteiger charge is -2.14. The molecule has 0 bridgehead atoms. The zero-order chi connectivity index (χ0) is 19.1. The zero-order valence-electron chi connectivity index (χ0n) is 13.9. The van der Waals surface area contributed by atoms with Crippen LogP contribution in [0.15, 0.2) is 61.4 Å². The number of benzene rings is 1. The molecule has 0 amide bonds. The van der Waals surface area contributed by atoms with Crippen LogP contribution in [0.25, 0.3) is 0 Å². The Morgan fingerprint density at radius 1 is 1.38 bits per heavy atom. The van der Waals surface area contributed by atoms with Gasteiger partial charge >= 0.3 is 0 Å². The van der Waals surface area contributed by atoms with Crippen LogP contribution in [-0.2, 0) is 6.61 Å². The molecule has 134 valence electrons. The molecule has 2 N–H and O–H groups in total. The van der Waals surface area contributed by atoms with Crippen molar-refractivity contribution >= 4 is 28.7 Å². The fraction of sp³-hybridized carbons (Fsp3) is 0.167. The van der Waals surface area contributed by atoms with Gasteiger partial charge in [0.2, 0.25) is 5.78 Å². The van der Waals surface area contributed by atoms with Crippen molar-refractivity contribution in [1.82, 2.24) is 5.32 Å². The van der Waals surface area contributed by atoms with E-state index >= 15 is 0 Å². The lowest BCUT2D eigenvalue weighted by atomic mass is 10.0. The highest BCUT2D eigenvalue weighted by Gasteiger charge is 2.33. The van der Waals surface area contributed by atoms with Gasteiger partial charge in [-0.05, 0) is 18.2 Å². The Kier molecular flexibility index (Phi) is 6.65. The highest BCUT2D eigenvalue weighted by molar-refractivity contribution is 7.80. The molecule has 1 heterocycles. The molecule has 0 radical (unpaired) electrons. The maximum atomic E-state index is 13.0. The number of nitrogens with zero attached hydrogens (tertiary/aromatic N) is 2. The highest BCUT2D eigenvalue weighted by atomic mass is 32.1. The standard InChI is InChI=1S/C18H17N3O4S/c1-2-9-19-18(26)16(20-10-3-4-13(11-20)12-22)17(23)14-5-7-15(8-6-14)21(24)25/h2-8,10-11,16,22H,1,9,12H2/p+1. The van der Waals surface area contributed by atoms with E-state index in [0.717, 1.165) is 0 Å². The SMILES string of the molecule is C=CCNC(=S)C(C(=O)c1ccc([N+](=O)[O-])cc1)[n+]1cccc(CO)c1. The zero-order valence-corrected chi connectivity index (χ0v) is 14.7. The van der Waals surface area contributed by atoms with Crippen LogP contribution in [0.2, 0.25) is 0 Å². The quantitative estimate of drug-likeness (QED) is 0.183. The molecule has 1 aromatic carbocycles. The normalized spacial score (nSPS) is 11.4. The lowest BCUT2D eigenvalue weighted by Crippen LogP contribution is -2.51. The molecular formula is C18H18N3O4S+. The van der Waals surface area contributed by atoms with E-state index in [1.165, 1.54) is 24.3 Å². The molecule has 0 fully saturated rings. The number of hydrogen-bond donors (Lipinski definition) is 2. The molecule has 2 aromatic rings. The van der Waals surface area contributed by atoms with Gasteiger partial charge in [0.05, 0.1) is 11.5 Å². The van der Waals surface area contributed by atoms with E-state index in [4.69, 9.17) is 12.2 Å². The average molecular weight is 372 g/mol. The minimum atomic E-state index is -0.849. The number of nitro benzene ring substituents is 1.